The molecule has 0 fully saturated rings. The van der Waals surface area contributed by atoms with Crippen molar-refractivity contribution in [3.8, 4) is 5.88 Å². The highest BCUT2D eigenvalue weighted by atomic mass is 32.2. The zero-order valence-corrected chi connectivity index (χ0v) is 15.9. The molecule has 27 heavy (non-hydrogen) atoms. The van der Waals surface area contributed by atoms with E-state index in [4.69, 9.17) is 0 Å². The van der Waals surface area contributed by atoms with Crippen LogP contribution in [0.2, 0.25) is 0 Å². The molecule has 0 bridgehead atoms. The normalized spacial score (nSPS) is 14.1. The van der Waals surface area contributed by atoms with Gasteiger partial charge in [0.25, 0.3) is 0 Å². The summed E-state index contributed by atoms with van der Waals surface area (Å²) >= 11 is 1.37. The molecule has 1 aliphatic rings. The van der Waals surface area contributed by atoms with Crippen LogP contribution in [0.25, 0.3) is 10.9 Å². The molecule has 0 saturated heterocycles. The number of fused-ring (bicyclic) bond motifs is 3. The van der Waals surface area contributed by atoms with E-state index in [2.05, 4.69) is 14.5 Å². The minimum Gasteiger partial charge on any atom is -0.493 e. The molecule has 0 amide bonds. The molecular formula is C20H21N3O3S. The van der Waals surface area contributed by atoms with Crippen LogP contribution in [0, 0.1) is 0 Å². The molecule has 3 aromatic rings. The zero-order valence-electron chi connectivity index (χ0n) is 15.1. The standard InChI is InChI=1S/C20H21N3O3S/c1-27-20-21-12(10-17(24)22-20)11-23-16-9-4-2-3-6-13(16)14-7-5-8-15(18(14)23)19(25)26/h5,7-8,10H,2-4,6,9,11H2,1H3,(H,25,26)(H,21,22,24). The Morgan fingerprint density at radius 2 is 2.04 bits per heavy atom. The maximum absolute atomic E-state index is 11.9. The number of carboxylic acid groups (broad SMARTS) is 1. The molecule has 0 unspecified atom stereocenters. The number of nitrogens with zero attached hydrogens (tertiary/aromatic N) is 3. The van der Waals surface area contributed by atoms with Crippen LogP contribution in [-0.4, -0.2) is 37.0 Å². The van der Waals surface area contributed by atoms with Crippen LogP contribution >= 0.6 is 11.8 Å². The van der Waals surface area contributed by atoms with E-state index in [1.165, 1.54) is 29.4 Å². The summed E-state index contributed by atoms with van der Waals surface area (Å²) in [5.74, 6) is -0.991. The average Bonchev–Trinajstić information content (AvgIpc) is 2.81. The first kappa shape index (κ1) is 17.9. The molecule has 0 aliphatic heterocycles. The highest BCUT2D eigenvalue weighted by molar-refractivity contribution is 7.98. The highest BCUT2D eigenvalue weighted by Crippen LogP contribution is 2.34. The van der Waals surface area contributed by atoms with Crippen LogP contribution in [0.4, 0.5) is 0 Å². The third-order valence-corrected chi connectivity index (χ3v) is 5.67. The van der Waals surface area contributed by atoms with E-state index in [0.29, 0.717) is 23.0 Å². The Balaban J connectivity index is 1.94. The van der Waals surface area contributed by atoms with E-state index in [0.717, 1.165) is 36.6 Å². The molecule has 0 spiro atoms. The van der Waals surface area contributed by atoms with Crippen molar-refractivity contribution in [2.24, 2.45) is 0 Å². The topological polar surface area (TPSA) is 88.2 Å². The fraction of sp³-hybridized carbons (Fsp3) is 0.350. The first-order chi connectivity index (χ1) is 13.1. The largest absolute Gasteiger partial charge is 0.493 e. The molecule has 6 nitrogen and oxygen atoms in total. The summed E-state index contributed by atoms with van der Waals surface area (Å²) in [7, 11) is 0. The van der Waals surface area contributed by atoms with Crippen molar-refractivity contribution in [1.29, 1.82) is 0 Å². The van der Waals surface area contributed by atoms with E-state index in [-0.39, 0.29) is 5.88 Å². The number of hydrogen-bond acceptors (Lipinski definition) is 5. The molecule has 0 radical (unpaired) electrons. The lowest BCUT2D eigenvalue weighted by atomic mass is 10.0. The minimum atomic E-state index is -0.926. The molecule has 1 aliphatic carbocycles. The number of aryl methyl sites for hydroxylation is 1. The fourth-order valence-electron chi connectivity index (χ4n) is 4.01. The second kappa shape index (κ2) is 7.23. The summed E-state index contributed by atoms with van der Waals surface area (Å²) in [6, 6.07) is 7.06. The quantitative estimate of drug-likeness (QED) is 0.404. The molecule has 4 rings (SSSR count). The Morgan fingerprint density at radius 3 is 2.81 bits per heavy atom. The van der Waals surface area contributed by atoms with Crippen molar-refractivity contribution in [2.75, 3.05) is 6.26 Å². The molecule has 1 aromatic carbocycles. The average molecular weight is 383 g/mol. The van der Waals surface area contributed by atoms with Gasteiger partial charge in [0.1, 0.15) is 0 Å². The highest BCUT2D eigenvalue weighted by Gasteiger charge is 2.23. The van der Waals surface area contributed by atoms with Crippen LogP contribution in [-0.2, 0) is 19.4 Å². The second-order valence-corrected chi connectivity index (χ2v) is 7.56. The first-order valence-electron chi connectivity index (χ1n) is 9.05. The number of para-hydroxylation sites is 1. The van der Waals surface area contributed by atoms with E-state index in [1.807, 2.05) is 18.4 Å². The Labute approximate surface area is 161 Å². The van der Waals surface area contributed by atoms with Crippen molar-refractivity contribution in [2.45, 2.75) is 43.8 Å². The maximum atomic E-state index is 11.9. The van der Waals surface area contributed by atoms with Crippen molar-refractivity contribution < 1.29 is 15.0 Å². The number of carboxylic acids is 1. The van der Waals surface area contributed by atoms with E-state index >= 15 is 0 Å². The third-order valence-electron chi connectivity index (χ3n) is 5.12. The number of aromatic hydroxyl groups is 1. The third kappa shape index (κ3) is 3.27. The second-order valence-electron chi connectivity index (χ2n) is 6.78. The number of benzene rings is 1. The van der Waals surface area contributed by atoms with E-state index < -0.39 is 5.97 Å². The van der Waals surface area contributed by atoms with Crippen molar-refractivity contribution in [1.82, 2.24) is 14.5 Å². The SMILES string of the molecule is CSc1nc(O)cc(Cn2c3c(c4cccc(C(=O)O)c42)CCCCC3)n1. The van der Waals surface area contributed by atoms with Crippen molar-refractivity contribution in [3.05, 3.63) is 46.8 Å². The van der Waals surface area contributed by atoms with Crippen LogP contribution in [0.3, 0.4) is 0 Å². The van der Waals surface area contributed by atoms with Crippen LogP contribution in [0.5, 0.6) is 5.88 Å². The van der Waals surface area contributed by atoms with Gasteiger partial charge in [-0.2, -0.15) is 4.98 Å². The summed E-state index contributed by atoms with van der Waals surface area (Å²) < 4.78 is 2.09. The van der Waals surface area contributed by atoms with Crippen LogP contribution in [0.15, 0.2) is 29.4 Å². The summed E-state index contributed by atoms with van der Waals surface area (Å²) in [5, 5.41) is 21.2. The van der Waals surface area contributed by atoms with Gasteiger partial charge in [0.2, 0.25) is 5.88 Å². The van der Waals surface area contributed by atoms with Gasteiger partial charge in [-0.1, -0.05) is 30.3 Å². The molecule has 140 valence electrons. The van der Waals surface area contributed by atoms with Gasteiger partial charge in [-0.15, -0.1) is 0 Å². The molecule has 2 N–H and O–H groups in total. The first-order valence-corrected chi connectivity index (χ1v) is 10.3. The monoisotopic (exact) mass is 383 g/mol. The van der Waals surface area contributed by atoms with Gasteiger partial charge in [-0.05, 0) is 43.6 Å². The van der Waals surface area contributed by atoms with Gasteiger partial charge in [0.15, 0.2) is 5.16 Å². The lowest BCUT2D eigenvalue weighted by Gasteiger charge is -2.12. The van der Waals surface area contributed by atoms with E-state index in [9.17, 15) is 15.0 Å². The summed E-state index contributed by atoms with van der Waals surface area (Å²) in [6.45, 7) is 0.416. The zero-order chi connectivity index (χ0) is 19.0. The van der Waals surface area contributed by atoms with Gasteiger partial charge in [0.05, 0.1) is 23.3 Å². The van der Waals surface area contributed by atoms with Gasteiger partial charge in [-0.3, -0.25) is 0 Å². The predicted molar refractivity (Wildman–Crippen MR) is 105 cm³/mol. The molecule has 2 heterocycles. The lowest BCUT2D eigenvalue weighted by molar-refractivity contribution is 0.0698. The number of hydrogen-bond donors (Lipinski definition) is 2. The summed E-state index contributed by atoms with van der Waals surface area (Å²) in [4.78, 5) is 20.4. The molecule has 0 atom stereocenters. The van der Waals surface area contributed by atoms with Gasteiger partial charge in [0, 0.05) is 17.1 Å². The predicted octanol–water partition coefficient (Wildman–Crippen LogP) is 3.87. The molecular weight excluding hydrogens is 362 g/mol. The maximum Gasteiger partial charge on any atom is 0.337 e. The van der Waals surface area contributed by atoms with Crippen LogP contribution in [0.1, 0.15) is 46.6 Å². The fourth-order valence-corrected chi connectivity index (χ4v) is 4.40. The summed E-state index contributed by atoms with van der Waals surface area (Å²) in [5.41, 5.74) is 4.19. The molecule has 2 aromatic heterocycles. The van der Waals surface area contributed by atoms with Gasteiger partial charge in [-0.25, -0.2) is 9.78 Å². The lowest BCUT2D eigenvalue weighted by Crippen LogP contribution is -2.10. The minimum absolute atomic E-state index is 0.0645. The van der Waals surface area contributed by atoms with Crippen LogP contribution < -0.4 is 0 Å². The smallest absolute Gasteiger partial charge is 0.337 e. The Morgan fingerprint density at radius 1 is 1.22 bits per heavy atom. The van der Waals surface area contributed by atoms with Crippen molar-refractivity contribution >= 4 is 28.6 Å². The number of aromatic carboxylic acids is 1. The summed E-state index contributed by atoms with van der Waals surface area (Å²) in [6.07, 6.45) is 7.14. The number of thioether (sulfide) groups is 1. The Kier molecular flexibility index (Phi) is 4.78. The molecule has 7 heteroatoms. The number of carbonyl (C=O) groups is 1. The van der Waals surface area contributed by atoms with Gasteiger partial charge >= 0.3 is 5.97 Å². The number of rotatable bonds is 4. The Bertz CT molecular complexity index is 1030. The molecule has 0 saturated carbocycles. The number of aromatic nitrogens is 3. The van der Waals surface area contributed by atoms with E-state index in [1.54, 1.807) is 12.1 Å². The van der Waals surface area contributed by atoms with Crippen molar-refractivity contribution in [3.63, 3.8) is 0 Å². The van der Waals surface area contributed by atoms with Gasteiger partial charge < -0.3 is 14.8 Å². The Hall–Kier alpha value is -2.54.